The average molecular weight is 455 g/mol. The summed E-state index contributed by atoms with van der Waals surface area (Å²) in [5.74, 6) is -1.22. The Bertz CT molecular complexity index is 1200. The van der Waals surface area contributed by atoms with Crippen molar-refractivity contribution in [2.45, 2.75) is 4.90 Å². The van der Waals surface area contributed by atoms with Crippen LogP contribution in [0.15, 0.2) is 88.3 Å². The summed E-state index contributed by atoms with van der Waals surface area (Å²) in [6, 6.07) is 20.0. The summed E-state index contributed by atoms with van der Waals surface area (Å²) in [5, 5.41) is 2.87. The van der Waals surface area contributed by atoms with E-state index in [1.807, 2.05) is 30.3 Å². The fourth-order valence-electron chi connectivity index (χ4n) is 3.06. The van der Waals surface area contributed by atoms with Crippen molar-refractivity contribution in [3.8, 4) is 5.75 Å². The molecule has 0 unspecified atom stereocenters. The molecule has 0 bridgehead atoms. The molecule has 1 aliphatic heterocycles. The Morgan fingerprint density at radius 1 is 0.968 bits per heavy atom. The first-order valence-electron chi connectivity index (χ1n) is 9.20. The molecule has 1 N–H and O–H groups in total. The van der Waals surface area contributed by atoms with Crippen LogP contribution in [0.4, 0.5) is 15.8 Å². The van der Waals surface area contributed by atoms with Crippen molar-refractivity contribution in [1.82, 2.24) is 0 Å². The van der Waals surface area contributed by atoms with Crippen LogP contribution >= 0.6 is 23.4 Å². The predicted molar refractivity (Wildman–Crippen MR) is 120 cm³/mol. The van der Waals surface area contributed by atoms with E-state index in [4.69, 9.17) is 16.3 Å². The smallest absolute Gasteiger partial charge is 0.283 e. The number of para-hydroxylation sites is 2. The maximum Gasteiger partial charge on any atom is 0.283 e. The van der Waals surface area contributed by atoms with E-state index in [1.54, 1.807) is 24.3 Å². The third kappa shape index (κ3) is 4.15. The lowest BCUT2D eigenvalue weighted by Gasteiger charge is -2.16. The number of amides is 2. The Morgan fingerprint density at radius 2 is 1.68 bits per heavy atom. The number of hydrogen-bond donors (Lipinski definition) is 1. The number of carbonyl (C=O) groups is 2. The molecule has 5 nitrogen and oxygen atoms in total. The van der Waals surface area contributed by atoms with Gasteiger partial charge in [0.25, 0.3) is 11.8 Å². The van der Waals surface area contributed by atoms with Crippen LogP contribution in [0, 0.1) is 5.82 Å². The lowest BCUT2D eigenvalue weighted by atomic mass is 10.2. The molecule has 0 aliphatic carbocycles. The maximum absolute atomic E-state index is 13.6. The van der Waals surface area contributed by atoms with E-state index in [9.17, 15) is 14.0 Å². The Labute approximate surface area is 187 Å². The monoisotopic (exact) mass is 454 g/mol. The highest BCUT2D eigenvalue weighted by molar-refractivity contribution is 8.04. The first-order chi connectivity index (χ1) is 15.0. The zero-order chi connectivity index (χ0) is 22.0. The molecule has 0 saturated carbocycles. The summed E-state index contributed by atoms with van der Waals surface area (Å²) in [7, 11) is 1.52. The van der Waals surface area contributed by atoms with Crippen LogP contribution < -0.4 is 15.0 Å². The van der Waals surface area contributed by atoms with E-state index in [2.05, 4.69) is 5.32 Å². The number of carbonyl (C=O) groups excluding carboxylic acids is 2. The molecule has 0 fully saturated rings. The van der Waals surface area contributed by atoms with Crippen LogP contribution in [0.25, 0.3) is 0 Å². The lowest BCUT2D eigenvalue weighted by molar-refractivity contribution is -0.120. The summed E-state index contributed by atoms with van der Waals surface area (Å²) in [6.45, 7) is 0. The average Bonchev–Trinajstić information content (AvgIpc) is 3.01. The summed E-state index contributed by atoms with van der Waals surface area (Å²) >= 11 is 7.05. The number of nitrogens with one attached hydrogen (secondary N) is 1. The number of ether oxygens (including phenoxy) is 1. The fraction of sp³-hybridized carbons (Fsp3) is 0.0435. The quantitative estimate of drug-likeness (QED) is 0.500. The van der Waals surface area contributed by atoms with Gasteiger partial charge in [-0.15, -0.1) is 0 Å². The molecule has 3 aromatic rings. The van der Waals surface area contributed by atoms with Crippen LogP contribution in [0.2, 0.25) is 5.02 Å². The van der Waals surface area contributed by atoms with Gasteiger partial charge < -0.3 is 10.1 Å². The number of benzene rings is 3. The Kier molecular flexibility index (Phi) is 5.97. The highest BCUT2D eigenvalue weighted by Gasteiger charge is 2.40. The van der Waals surface area contributed by atoms with Crippen LogP contribution in [0.3, 0.4) is 0 Å². The van der Waals surface area contributed by atoms with Crippen molar-refractivity contribution in [3.63, 3.8) is 0 Å². The van der Waals surface area contributed by atoms with Gasteiger partial charge in [-0.1, -0.05) is 53.7 Å². The third-order valence-corrected chi connectivity index (χ3v) is 5.91. The molecule has 0 aromatic heterocycles. The summed E-state index contributed by atoms with van der Waals surface area (Å²) in [4.78, 5) is 28.6. The normalized spacial score (nSPS) is 13.7. The minimum absolute atomic E-state index is 0.101. The molecular weight excluding hydrogens is 439 g/mol. The first kappa shape index (κ1) is 21.0. The minimum Gasteiger partial charge on any atom is -0.495 e. The van der Waals surface area contributed by atoms with Gasteiger partial charge in [0.1, 0.15) is 22.2 Å². The zero-order valence-corrected chi connectivity index (χ0v) is 17.8. The fourth-order valence-corrected chi connectivity index (χ4v) is 4.18. The third-order valence-electron chi connectivity index (χ3n) is 4.53. The van der Waals surface area contributed by atoms with Crippen molar-refractivity contribution in [1.29, 1.82) is 0 Å². The summed E-state index contributed by atoms with van der Waals surface area (Å²) in [6.07, 6.45) is 0. The second-order valence-corrected chi connectivity index (χ2v) is 7.98. The number of imide groups is 1. The molecule has 2 amide bonds. The van der Waals surface area contributed by atoms with Crippen molar-refractivity contribution >= 4 is 46.6 Å². The lowest BCUT2D eigenvalue weighted by Crippen LogP contribution is -2.32. The van der Waals surface area contributed by atoms with Crippen LogP contribution in [-0.4, -0.2) is 18.9 Å². The van der Waals surface area contributed by atoms with Crippen molar-refractivity contribution < 1.29 is 18.7 Å². The van der Waals surface area contributed by atoms with E-state index in [0.717, 1.165) is 15.9 Å². The summed E-state index contributed by atoms with van der Waals surface area (Å²) in [5.41, 5.74) is 0.819. The number of nitrogens with zero attached hydrogens (tertiary/aromatic N) is 1. The highest BCUT2D eigenvalue weighted by atomic mass is 35.5. The zero-order valence-electron chi connectivity index (χ0n) is 16.3. The Balaban J connectivity index is 1.77. The number of thioether (sulfide) groups is 1. The molecule has 0 radical (unpaired) electrons. The minimum atomic E-state index is -0.635. The van der Waals surface area contributed by atoms with Gasteiger partial charge in [-0.25, -0.2) is 9.29 Å². The topological polar surface area (TPSA) is 58.6 Å². The molecule has 0 spiro atoms. The van der Waals surface area contributed by atoms with Gasteiger partial charge in [-0.05, 0) is 42.5 Å². The molecule has 1 aliphatic rings. The first-order valence-corrected chi connectivity index (χ1v) is 10.4. The molecule has 0 atom stereocenters. The largest absolute Gasteiger partial charge is 0.495 e. The number of rotatable bonds is 6. The second-order valence-electron chi connectivity index (χ2n) is 6.49. The SMILES string of the molecule is COc1ccccc1NC1=C(Sc2ccccc2)C(=O)N(c2ccc(F)c(Cl)c2)C1=O. The second kappa shape index (κ2) is 8.83. The van der Waals surface area contributed by atoms with Gasteiger partial charge >= 0.3 is 0 Å². The number of halogens is 2. The Hall–Kier alpha value is -3.29. The van der Waals surface area contributed by atoms with Crippen LogP contribution in [0.5, 0.6) is 5.75 Å². The molecule has 4 rings (SSSR count). The predicted octanol–water partition coefficient (Wildman–Crippen LogP) is 5.48. The molecule has 3 aromatic carbocycles. The number of anilines is 2. The van der Waals surface area contributed by atoms with Crippen molar-refractivity contribution in [2.75, 3.05) is 17.3 Å². The van der Waals surface area contributed by atoms with Gasteiger partial charge in [0.15, 0.2) is 0 Å². The van der Waals surface area contributed by atoms with Crippen LogP contribution in [-0.2, 0) is 9.59 Å². The molecular formula is C23H16ClFN2O3S. The van der Waals surface area contributed by atoms with E-state index >= 15 is 0 Å². The van der Waals surface area contributed by atoms with Crippen molar-refractivity contribution in [3.05, 3.63) is 94.2 Å². The van der Waals surface area contributed by atoms with Gasteiger partial charge in [0.2, 0.25) is 0 Å². The standard InChI is InChI=1S/C23H16ClFN2O3S/c1-30-19-10-6-5-9-18(19)26-20-21(31-15-7-3-2-4-8-15)23(29)27(22(20)28)14-11-12-17(25)16(24)13-14/h2-13,26H,1H3. The van der Waals surface area contributed by atoms with Gasteiger partial charge in [-0.3, -0.25) is 9.59 Å². The molecule has 8 heteroatoms. The maximum atomic E-state index is 13.6. The van der Waals surface area contributed by atoms with Crippen molar-refractivity contribution in [2.24, 2.45) is 0 Å². The number of methoxy groups -OCH3 is 1. The van der Waals surface area contributed by atoms with Gasteiger partial charge in [-0.2, -0.15) is 0 Å². The van der Waals surface area contributed by atoms with E-state index < -0.39 is 17.6 Å². The van der Waals surface area contributed by atoms with E-state index in [-0.39, 0.29) is 21.3 Å². The molecule has 1 heterocycles. The van der Waals surface area contributed by atoms with Gasteiger partial charge in [0, 0.05) is 4.90 Å². The van der Waals surface area contributed by atoms with Gasteiger partial charge in [0.05, 0.1) is 23.5 Å². The van der Waals surface area contributed by atoms with E-state index in [0.29, 0.717) is 11.4 Å². The molecule has 0 saturated heterocycles. The Morgan fingerprint density at radius 3 is 2.39 bits per heavy atom. The molecule has 156 valence electrons. The van der Waals surface area contributed by atoms with E-state index in [1.165, 1.54) is 31.0 Å². The summed E-state index contributed by atoms with van der Waals surface area (Å²) < 4.78 is 19.0. The highest BCUT2D eigenvalue weighted by Crippen LogP contribution is 2.39. The number of hydrogen-bond acceptors (Lipinski definition) is 5. The molecule has 31 heavy (non-hydrogen) atoms. The van der Waals surface area contributed by atoms with Crippen LogP contribution in [0.1, 0.15) is 0 Å².